The van der Waals surface area contributed by atoms with E-state index in [1.54, 1.807) is 30.7 Å². The maximum atomic E-state index is 13.7. The van der Waals surface area contributed by atoms with Crippen molar-refractivity contribution < 1.29 is 9.13 Å². The molecule has 0 radical (unpaired) electrons. The number of rotatable bonds is 6. The van der Waals surface area contributed by atoms with Crippen LogP contribution < -0.4 is 4.74 Å². The third-order valence-corrected chi connectivity index (χ3v) is 6.08. The Hall–Kier alpha value is -4.84. The minimum Gasteiger partial charge on any atom is -0.489 e. The molecule has 6 aromatic rings. The quantitative estimate of drug-likeness (QED) is 0.282. The van der Waals surface area contributed by atoms with Crippen LogP contribution in [0.4, 0.5) is 4.39 Å². The van der Waals surface area contributed by atoms with Gasteiger partial charge in [0.1, 0.15) is 18.2 Å². The number of aromatic nitrogens is 4. The fourth-order valence-corrected chi connectivity index (χ4v) is 4.34. The molecule has 0 unspecified atom stereocenters. The minimum atomic E-state index is -0.293. The Morgan fingerprint density at radius 1 is 0.722 bits per heavy atom. The Morgan fingerprint density at radius 3 is 2.17 bits per heavy atom. The van der Waals surface area contributed by atoms with E-state index in [1.807, 2.05) is 66.7 Å². The molecule has 1 N–H and O–H groups in total. The third kappa shape index (κ3) is 4.20. The molecule has 0 aliphatic rings. The Bertz CT molecular complexity index is 1610. The van der Waals surface area contributed by atoms with E-state index in [2.05, 4.69) is 15.2 Å². The van der Waals surface area contributed by atoms with E-state index in [1.165, 1.54) is 12.1 Å². The summed E-state index contributed by atoms with van der Waals surface area (Å²) in [5.41, 5.74) is 7.17. The molecular weight excluding hydrogens is 451 g/mol. The van der Waals surface area contributed by atoms with Crippen LogP contribution in [0.5, 0.6) is 5.75 Å². The zero-order valence-corrected chi connectivity index (χ0v) is 19.2. The van der Waals surface area contributed by atoms with Crippen molar-refractivity contribution >= 4 is 11.0 Å². The lowest BCUT2D eigenvalue weighted by Gasteiger charge is -2.17. The molecule has 0 bridgehead atoms. The van der Waals surface area contributed by atoms with E-state index >= 15 is 0 Å². The van der Waals surface area contributed by atoms with Gasteiger partial charge in [0.25, 0.3) is 0 Å². The number of pyridine rings is 2. The lowest BCUT2D eigenvalue weighted by atomic mass is 9.90. The Morgan fingerprint density at radius 2 is 1.42 bits per heavy atom. The smallest absolute Gasteiger partial charge is 0.156 e. The summed E-state index contributed by atoms with van der Waals surface area (Å²) in [6, 6.07) is 28.4. The second kappa shape index (κ2) is 9.43. The highest BCUT2D eigenvalue weighted by atomic mass is 19.1. The molecular formula is C30H21FN4O. The molecule has 5 nitrogen and oxygen atoms in total. The zero-order valence-electron chi connectivity index (χ0n) is 19.2. The van der Waals surface area contributed by atoms with Gasteiger partial charge in [-0.1, -0.05) is 42.5 Å². The molecule has 0 amide bonds. The number of halogens is 1. The number of nitrogens with one attached hydrogen (secondary N) is 1. The summed E-state index contributed by atoms with van der Waals surface area (Å²) in [4.78, 5) is 9.08. The largest absolute Gasteiger partial charge is 0.489 e. The van der Waals surface area contributed by atoms with Crippen LogP contribution in [-0.2, 0) is 6.61 Å². The summed E-state index contributed by atoms with van der Waals surface area (Å²) in [5, 5.41) is 8.17. The van der Waals surface area contributed by atoms with Gasteiger partial charge in [0, 0.05) is 34.5 Å². The molecule has 0 aliphatic heterocycles. The van der Waals surface area contributed by atoms with Crippen LogP contribution in [0, 0.1) is 5.82 Å². The summed E-state index contributed by atoms with van der Waals surface area (Å²) >= 11 is 0. The molecule has 6 heteroatoms. The van der Waals surface area contributed by atoms with Gasteiger partial charge in [-0.15, -0.1) is 0 Å². The fraction of sp³-hybridized carbons (Fsp3) is 0.0333. The van der Waals surface area contributed by atoms with Gasteiger partial charge < -0.3 is 4.74 Å². The van der Waals surface area contributed by atoms with Crippen molar-refractivity contribution in [1.82, 2.24) is 20.2 Å². The number of fused-ring (bicyclic) bond motifs is 1. The fourth-order valence-electron chi connectivity index (χ4n) is 4.34. The van der Waals surface area contributed by atoms with Crippen LogP contribution in [0.1, 0.15) is 5.56 Å². The average molecular weight is 473 g/mol. The summed E-state index contributed by atoms with van der Waals surface area (Å²) in [5.74, 6) is 0.488. The highest BCUT2D eigenvalue weighted by Gasteiger charge is 2.20. The first-order valence-electron chi connectivity index (χ1n) is 11.6. The maximum absolute atomic E-state index is 13.7. The van der Waals surface area contributed by atoms with Gasteiger partial charge >= 0.3 is 0 Å². The number of benzene rings is 3. The van der Waals surface area contributed by atoms with E-state index in [-0.39, 0.29) is 5.82 Å². The Balaban J connectivity index is 1.49. The normalized spacial score (nSPS) is 11.0. The van der Waals surface area contributed by atoms with E-state index in [0.717, 1.165) is 50.2 Å². The molecule has 6 rings (SSSR count). The number of ether oxygens (including phenoxy) is 1. The van der Waals surface area contributed by atoms with E-state index in [4.69, 9.17) is 9.72 Å². The Kier molecular flexibility index (Phi) is 5.68. The zero-order chi connectivity index (χ0) is 24.3. The molecule has 0 saturated heterocycles. The third-order valence-electron chi connectivity index (χ3n) is 6.08. The number of aromatic amines is 1. The first-order chi connectivity index (χ1) is 17.8. The second-order valence-electron chi connectivity index (χ2n) is 8.38. The first kappa shape index (κ1) is 21.7. The molecule has 0 spiro atoms. The van der Waals surface area contributed by atoms with Crippen molar-refractivity contribution in [2.45, 2.75) is 6.61 Å². The minimum absolute atomic E-state index is 0.293. The molecule has 3 heterocycles. The van der Waals surface area contributed by atoms with Gasteiger partial charge in [-0.2, -0.15) is 5.10 Å². The van der Waals surface area contributed by atoms with Crippen LogP contribution in [0.2, 0.25) is 0 Å². The van der Waals surface area contributed by atoms with Crippen molar-refractivity contribution in [3.63, 3.8) is 0 Å². The lowest BCUT2D eigenvalue weighted by Crippen LogP contribution is -1.97. The van der Waals surface area contributed by atoms with Crippen molar-refractivity contribution in [3.8, 4) is 39.3 Å². The summed E-state index contributed by atoms with van der Waals surface area (Å²) < 4.78 is 19.7. The van der Waals surface area contributed by atoms with Crippen LogP contribution in [-0.4, -0.2) is 20.2 Å². The molecule has 0 atom stereocenters. The molecule has 0 fully saturated rings. The standard InChI is InChI=1S/C30H21FN4O/c31-24-10-6-23(7-11-24)29-28(22-14-16-32-17-15-22)27(26-18-33-35-30(26)34-29)21-8-12-25(13-9-21)36-19-20-4-2-1-3-5-20/h1-18H,19H2,(H,33,34,35). The Labute approximate surface area is 207 Å². The number of hydrogen-bond acceptors (Lipinski definition) is 4. The predicted molar refractivity (Wildman–Crippen MR) is 139 cm³/mol. The van der Waals surface area contributed by atoms with Gasteiger partial charge in [-0.05, 0) is 65.2 Å². The van der Waals surface area contributed by atoms with Gasteiger partial charge in [0.2, 0.25) is 0 Å². The topological polar surface area (TPSA) is 63.7 Å². The number of H-pyrrole nitrogens is 1. The molecule has 36 heavy (non-hydrogen) atoms. The predicted octanol–water partition coefficient (Wildman–Crippen LogP) is 7.07. The molecule has 3 aromatic heterocycles. The molecule has 3 aromatic carbocycles. The first-order valence-corrected chi connectivity index (χ1v) is 11.6. The summed E-state index contributed by atoms with van der Waals surface area (Å²) in [6.07, 6.45) is 5.30. The summed E-state index contributed by atoms with van der Waals surface area (Å²) in [6.45, 7) is 0.498. The molecule has 0 saturated carbocycles. The van der Waals surface area contributed by atoms with E-state index in [9.17, 15) is 4.39 Å². The number of hydrogen-bond donors (Lipinski definition) is 1. The van der Waals surface area contributed by atoms with Crippen LogP contribution in [0.15, 0.2) is 110 Å². The molecule has 174 valence electrons. The van der Waals surface area contributed by atoms with Crippen LogP contribution >= 0.6 is 0 Å². The van der Waals surface area contributed by atoms with Crippen LogP contribution in [0.3, 0.4) is 0 Å². The van der Waals surface area contributed by atoms with Gasteiger partial charge in [-0.3, -0.25) is 10.1 Å². The second-order valence-corrected chi connectivity index (χ2v) is 8.38. The molecule has 0 aliphatic carbocycles. The van der Waals surface area contributed by atoms with E-state index in [0.29, 0.717) is 12.3 Å². The maximum Gasteiger partial charge on any atom is 0.156 e. The SMILES string of the molecule is Fc1ccc(-c2nc3[nH]ncc3c(-c3ccc(OCc4ccccc4)cc3)c2-c2ccncc2)cc1. The highest BCUT2D eigenvalue weighted by molar-refractivity contribution is 6.05. The van der Waals surface area contributed by atoms with Gasteiger partial charge in [0.05, 0.1) is 11.9 Å². The average Bonchev–Trinajstić information content (AvgIpc) is 3.41. The monoisotopic (exact) mass is 472 g/mol. The van der Waals surface area contributed by atoms with Gasteiger partial charge in [-0.25, -0.2) is 9.37 Å². The van der Waals surface area contributed by atoms with Gasteiger partial charge in [0.15, 0.2) is 5.65 Å². The van der Waals surface area contributed by atoms with Crippen molar-refractivity contribution in [3.05, 3.63) is 121 Å². The lowest BCUT2D eigenvalue weighted by molar-refractivity contribution is 0.306. The van der Waals surface area contributed by atoms with Crippen molar-refractivity contribution in [2.24, 2.45) is 0 Å². The van der Waals surface area contributed by atoms with E-state index < -0.39 is 0 Å². The highest BCUT2D eigenvalue weighted by Crippen LogP contribution is 2.43. The van der Waals surface area contributed by atoms with Crippen molar-refractivity contribution in [2.75, 3.05) is 0 Å². The number of nitrogens with zero attached hydrogens (tertiary/aromatic N) is 3. The van der Waals surface area contributed by atoms with Crippen LogP contribution in [0.25, 0.3) is 44.5 Å². The van der Waals surface area contributed by atoms with Crippen molar-refractivity contribution in [1.29, 1.82) is 0 Å². The summed E-state index contributed by atoms with van der Waals surface area (Å²) in [7, 11) is 0.